The van der Waals surface area contributed by atoms with Crippen LogP contribution in [0.2, 0.25) is 0 Å². The van der Waals surface area contributed by atoms with E-state index in [9.17, 15) is 10.2 Å². The van der Waals surface area contributed by atoms with E-state index in [1.807, 2.05) is 12.1 Å². The van der Waals surface area contributed by atoms with Crippen LogP contribution in [0.4, 0.5) is 0 Å². The molecule has 1 aromatic rings. The molecular formula is C15H23NO2. The summed E-state index contributed by atoms with van der Waals surface area (Å²) in [5.41, 5.74) is 1.20. The smallest absolute Gasteiger partial charge is 0.115 e. The van der Waals surface area contributed by atoms with E-state index in [0.29, 0.717) is 17.8 Å². The lowest BCUT2D eigenvalue weighted by molar-refractivity contribution is 0.108. The van der Waals surface area contributed by atoms with Crippen molar-refractivity contribution in [2.75, 3.05) is 0 Å². The minimum atomic E-state index is -0.145. The number of aliphatic hydroxyl groups excluding tert-OH is 1. The van der Waals surface area contributed by atoms with Gasteiger partial charge in [0.15, 0.2) is 0 Å². The first-order valence-corrected chi connectivity index (χ1v) is 6.92. The van der Waals surface area contributed by atoms with Gasteiger partial charge in [0.25, 0.3) is 0 Å². The maximum atomic E-state index is 9.70. The molecule has 100 valence electrons. The molecule has 0 amide bonds. The Morgan fingerprint density at radius 3 is 2.61 bits per heavy atom. The SMILES string of the molecule is CCC(NC1CCCC(O)C1)c1ccc(O)cc1. The van der Waals surface area contributed by atoms with Crippen molar-refractivity contribution in [3.8, 4) is 5.75 Å². The number of phenolic OH excluding ortho intramolecular Hbond substituents is 1. The van der Waals surface area contributed by atoms with E-state index in [1.165, 1.54) is 5.56 Å². The van der Waals surface area contributed by atoms with Crippen LogP contribution in [0.3, 0.4) is 0 Å². The molecule has 3 atom stereocenters. The number of aliphatic hydroxyl groups is 1. The Morgan fingerprint density at radius 1 is 1.28 bits per heavy atom. The molecule has 0 aromatic heterocycles. The zero-order valence-corrected chi connectivity index (χ0v) is 11.0. The molecule has 0 bridgehead atoms. The summed E-state index contributed by atoms with van der Waals surface area (Å²) in [5.74, 6) is 0.307. The largest absolute Gasteiger partial charge is 0.508 e. The Hall–Kier alpha value is -1.06. The molecule has 18 heavy (non-hydrogen) atoms. The first kappa shape index (κ1) is 13.4. The number of hydrogen-bond donors (Lipinski definition) is 3. The topological polar surface area (TPSA) is 52.5 Å². The Morgan fingerprint density at radius 2 is 2.00 bits per heavy atom. The minimum absolute atomic E-state index is 0.145. The van der Waals surface area contributed by atoms with Gasteiger partial charge in [-0.2, -0.15) is 0 Å². The van der Waals surface area contributed by atoms with Gasteiger partial charge in [-0.15, -0.1) is 0 Å². The van der Waals surface area contributed by atoms with Gasteiger partial charge in [0.05, 0.1) is 6.10 Å². The lowest BCUT2D eigenvalue weighted by Gasteiger charge is -2.30. The fourth-order valence-electron chi connectivity index (χ4n) is 2.76. The van der Waals surface area contributed by atoms with Gasteiger partial charge >= 0.3 is 0 Å². The fraction of sp³-hybridized carbons (Fsp3) is 0.600. The molecule has 0 radical (unpaired) electrons. The molecule has 1 aromatic carbocycles. The maximum Gasteiger partial charge on any atom is 0.115 e. The van der Waals surface area contributed by atoms with Crippen LogP contribution in [-0.4, -0.2) is 22.4 Å². The predicted octanol–water partition coefficient (Wildman–Crippen LogP) is 2.74. The summed E-state index contributed by atoms with van der Waals surface area (Å²) in [6, 6.07) is 8.12. The molecule has 1 aliphatic carbocycles. The molecule has 0 spiro atoms. The number of nitrogens with one attached hydrogen (secondary N) is 1. The van der Waals surface area contributed by atoms with Gasteiger partial charge in [-0.25, -0.2) is 0 Å². The molecule has 1 aliphatic rings. The van der Waals surface area contributed by atoms with E-state index in [0.717, 1.165) is 32.1 Å². The zero-order valence-electron chi connectivity index (χ0n) is 11.0. The van der Waals surface area contributed by atoms with Crippen molar-refractivity contribution in [2.45, 2.75) is 57.2 Å². The van der Waals surface area contributed by atoms with Gasteiger partial charge in [-0.05, 0) is 49.8 Å². The molecule has 3 N–H and O–H groups in total. The highest BCUT2D eigenvalue weighted by molar-refractivity contribution is 5.28. The van der Waals surface area contributed by atoms with E-state index >= 15 is 0 Å². The third kappa shape index (κ3) is 3.47. The van der Waals surface area contributed by atoms with Crippen molar-refractivity contribution >= 4 is 0 Å². The number of benzene rings is 1. The van der Waals surface area contributed by atoms with E-state index in [-0.39, 0.29) is 6.10 Å². The fourth-order valence-corrected chi connectivity index (χ4v) is 2.76. The van der Waals surface area contributed by atoms with Crippen molar-refractivity contribution in [3.63, 3.8) is 0 Å². The molecule has 0 heterocycles. The van der Waals surface area contributed by atoms with Gasteiger partial charge < -0.3 is 15.5 Å². The number of hydrogen-bond acceptors (Lipinski definition) is 3. The Kier molecular flexibility index (Phi) is 4.61. The van der Waals surface area contributed by atoms with Crippen LogP contribution < -0.4 is 5.32 Å². The van der Waals surface area contributed by atoms with Crippen molar-refractivity contribution in [2.24, 2.45) is 0 Å². The standard InChI is InChI=1S/C15H23NO2/c1-2-15(11-6-8-13(17)9-7-11)16-12-4-3-5-14(18)10-12/h6-9,12,14-18H,2-5,10H2,1H3. The average molecular weight is 249 g/mol. The third-order valence-corrected chi connectivity index (χ3v) is 3.79. The minimum Gasteiger partial charge on any atom is -0.508 e. The number of aromatic hydroxyl groups is 1. The van der Waals surface area contributed by atoms with Gasteiger partial charge in [0, 0.05) is 12.1 Å². The number of rotatable bonds is 4. The molecular weight excluding hydrogens is 226 g/mol. The van der Waals surface area contributed by atoms with Gasteiger partial charge in [-0.1, -0.05) is 19.1 Å². The molecule has 3 nitrogen and oxygen atoms in total. The Bertz CT molecular complexity index is 363. The van der Waals surface area contributed by atoms with Crippen LogP contribution in [-0.2, 0) is 0 Å². The van der Waals surface area contributed by atoms with Crippen LogP contribution in [0, 0.1) is 0 Å². The van der Waals surface area contributed by atoms with Crippen molar-refractivity contribution in [3.05, 3.63) is 29.8 Å². The quantitative estimate of drug-likeness (QED) is 0.769. The highest BCUT2D eigenvalue weighted by Gasteiger charge is 2.22. The second kappa shape index (κ2) is 6.21. The van der Waals surface area contributed by atoms with E-state index in [4.69, 9.17) is 0 Å². The summed E-state index contributed by atoms with van der Waals surface area (Å²) in [6.45, 7) is 2.16. The van der Waals surface area contributed by atoms with Crippen LogP contribution >= 0.6 is 0 Å². The molecule has 3 heteroatoms. The molecule has 2 rings (SSSR count). The summed E-state index contributed by atoms with van der Waals surface area (Å²) >= 11 is 0. The first-order valence-electron chi connectivity index (χ1n) is 6.92. The van der Waals surface area contributed by atoms with Crippen LogP contribution in [0.15, 0.2) is 24.3 Å². The second-order valence-corrected chi connectivity index (χ2v) is 5.24. The predicted molar refractivity (Wildman–Crippen MR) is 72.5 cm³/mol. The van der Waals surface area contributed by atoms with Crippen molar-refractivity contribution in [1.29, 1.82) is 0 Å². The number of phenols is 1. The highest BCUT2D eigenvalue weighted by Crippen LogP contribution is 2.24. The summed E-state index contributed by atoms with van der Waals surface area (Å²) in [7, 11) is 0. The normalized spacial score (nSPS) is 25.9. The van der Waals surface area contributed by atoms with E-state index in [1.54, 1.807) is 12.1 Å². The van der Waals surface area contributed by atoms with Crippen molar-refractivity contribution in [1.82, 2.24) is 5.32 Å². The lowest BCUT2D eigenvalue weighted by atomic mass is 9.91. The molecule has 1 fully saturated rings. The van der Waals surface area contributed by atoms with Crippen LogP contribution in [0.1, 0.15) is 50.6 Å². The van der Waals surface area contributed by atoms with Gasteiger partial charge in [0.1, 0.15) is 5.75 Å². The first-order chi connectivity index (χ1) is 8.69. The molecule has 3 unspecified atom stereocenters. The summed E-state index contributed by atoms with van der Waals surface area (Å²) in [4.78, 5) is 0. The molecule has 0 saturated heterocycles. The van der Waals surface area contributed by atoms with Crippen LogP contribution in [0.5, 0.6) is 5.75 Å². The summed E-state index contributed by atoms with van der Waals surface area (Å²) < 4.78 is 0. The Balaban J connectivity index is 1.98. The maximum absolute atomic E-state index is 9.70. The summed E-state index contributed by atoms with van der Waals surface area (Å²) in [5, 5.41) is 22.6. The lowest BCUT2D eigenvalue weighted by Crippen LogP contribution is -2.38. The molecule has 0 aliphatic heterocycles. The third-order valence-electron chi connectivity index (χ3n) is 3.79. The van der Waals surface area contributed by atoms with E-state index in [2.05, 4.69) is 12.2 Å². The van der Waals surface area contributed by atoms with E-state index < -0.39 is 0 Å². The second-order valence-electron chi connectivity index (χ2n) is 5.24. The average Bonchev–Trinajstić information content (AvgIpc) is 2.37. The highest BCUT2D eigenvalue weighted by atomic mass is 16.3. The molecule has 1 saturated carbocycles. The monoisotopic (exact) mass is 249 g/mol. The van der Waals surface area contributed by atoms with Gasteiger partial charge in [-0.3, -0.25) is 0 Å². The van der Waals surface area contributed by atoms with Crippen LogP contribution in [0.25, 0.3) is 0 Å². The van der Waals surface area contributed by atoms with Crippen molar-refractivity contribution < 1.29 is 10.2 Å². The Labute approximate surface area is 109 Å². The van der Waals surface area contributed by atoms with Gasteiger partial charge in [0.2, 0.25) is 0 Å². The summed E-state index contributed by atoms with van der Waals surface area (Å²) in [6.07, 6.45) is 4.91. The zero-order chi connectivity index (χ0) is 13.0.